The molecule has 9 heteroatoms. The number of para-hydroxylation sites is 2. The van der Waals surface area contributed by atoms with Crippen LogP contribution in [0.2, 0.25) is 0 Å². The van der Waals surface area contributed by atoms with Crippen LogP contribution in [0, 0.1) is 0 Å². The Bertz CT molecular complexity index is 517. The maximum absolute atomic E-state index is 9.62. The summed E-state index contributed by atoms with van der Waals surface area (Å²) in [7, 11) is 11.3. The van der Waals surface area contributed by atoms with Crippen molar-refractivity contribution in [2.45, 2.75) is 9.79 Å². The lowest BCUT2D eigenvalue weighted by atomic mass is 10.3. The number of phenolic OH excluding ortho intramolecular Hbond substituents is 2. The molecule has 2 rings (SSSR count). The standard InChI is InChI=1S/C12H10O2S7/c13-9-5-1-3-7-11(9)15-17-19-21-20-18-16-12-8-4-2-6-10(12)14/h1-8,13-14H. The minimum absolute atomic E-state index is 0.317. The smallest absolute Gasteiger partial charge is 0.130 e. The summed E-state index contributed by atoms with van der Waals surface area (Å²) in [5.41, 5.74) is 0. The molecule has 0 aliphatic carbocycles. The Hall–Kier alpha value is 0.490. The first-order chi connectivity index (χ1) is 10.3. The van der Waals surface area contributed by atoms with Crippen LogP contribution >= 0.6 is 70.7 Å². The minimum atomic E-state index is 0.317. The SMILES string of the molecule is Oc1ccccc1SSSSSSSc1ccccc1O. The van der Waals surface area contributed by atoms with E-state index < -0.39 is 0 Å². The van der Waals surface area contributed by atoms with E-state index in [0.29, 0.717) is 11.5 Å². The number of hydrogen-bond donors (Lipinski definition) is 2. The van der Waals surface area contributed by atoms with Crippen molar-refractivity contribution in [1.29, 1.82) is 0 Å². The molecular weight excluding hydrogens is 401 g/mol. The third kappa shape index (κ3) is 6.64. The zero-order chi connectivity index (χ0) is 14.9. The predicted octanol–water partition coefficient (Wildman–Crippen LogP) is 7.14. The molecular formula is C12H10O2S7. The zero-order valence-corrected chi connectivity index (χ0v) is 16.1. The van der Waals surface area contributed by atoms with E-state index in [-0.39, 0.29) is 0 Å². The van der Waals surface area contributed by atoms with E-state index >= 15 is 0 Å². The molecule has 0 heterocycles. The van der Waals surface area contributed by atoms with Gasteiger partial charge in [-0.3, -0.25) is 0 Å². The highest BCUT2D eigenvalue weighted by Crippen LogP contribution is 2.58. The number of benzene rings is 2. The lowest BCUT2D eigenvalue weighted by Gasteiger charge is -2.02. The fourth-order valence-electron chi connectivity index (χ4n) is 1.19. The van der Waals surface area contributed by atoms with Crippen molar-refractivity contribution in [1.82, 2.24) is 0 Å². The summed E-state index contributed by atoms with van der Waals surface area (Å²) in [6, 6.07) is 14.6. The molecule has 0 spiro atoms. The van der Waals surface area contributed by atoms with Gasteiger partial charge in [0, 0.05) is 0 Å². The Kier molecular flexibility index (Phi) is 8.75. The molecule has 0 unspecified atom stereocenters. The first-order valence-corrected chi connectivity index (χ1v) is 14.3. The summed E-state index contributed by atoms with van der Waals surface area (Å²) in [6.45, 7) is 0. The Labute approximate surface area is 149 Å². The first-order valence-electron chi connectivity index (χ1n) is 5.51. The molecule has 2 aromatic rings. The molecule has 0 saturated carbocycles. The van der Waals surface area contributed by atoms with Gasteiger partial charge in [0.2, 0.25) is 0 Å². The Morgan fingerprint density at radius 2 is 0.905 bits per heavy atom. The van der Waals surface area contributed by atoms with Gasteiger partial charge >= 0.3 is 0 Å². The van der Waals surface area contributed by atoms with Crippen LogP contribution in [0.1, 0.15) is 0 Å². The molecule has 0 aliphatic rings. The normalized spacial score (nSPS) is 10.7. The highest BCUT2D eigenvalue weighted by molar-refractivity contribution is 9.46. The maximum atomic E-state index is 9.62. The third-order valence-corrected chi connectivity index (χ3v) is 14.9. The van der Waals surface area contributed by atoms with Crippen LogP contribution in [0.25, 0.3) is 0 Å². The molecule has 0 aliphatic heterocycles. The van der Waals surface area contributed by atoms with Crippen LogP contribution in [0.4, 0.5) is 0 Å². The summed E-state index contributed by atoms with van der Waals surface area (Å²) < 4.78 is 0. The van der Waals surface area contributed by atoms with E-state index in [2.05, 4.69) is 0 Å². The second kappa shape index (κ2) is 10.3. The van der Waals surface area contributed by atoms with Crippen LogP contribution in [-0.2, 0) is 0 Å². The Morgan fingerprint density at radius 3 is 1.33 bits per heavy atom. The monoisotopic (exact) mass is 410 g/mol. The van der Waals surface area contributed by atoms with E-state index in [1.54, 1.807) is 82.9 Å². The molecule has 0 aromatic heterocycles. The molecule has 0 radical (unpaired) electrons. The van der Waals surface area contributed by atoms with Crippen molar-refractivity contribution in [3.63, 3.8) is 0 Å². The second-order valence-electron chi connectivity index (χ2n) is 3.44. The summed E-state index contributed by atoms with van der Waals surface area (Å²) in [4.78, 5) is 1.74. The van der Waals surface area contributed by atoms with E-state index in [4.69, 9.17) is 0 Å². The minimum Gasteiger partial charge on any atom is -0.507 e. The van der Waals surface area contributed by atoms with E-state index in [0.717, 1.165) is 9.79 Å². The fourth-order valence-corrected chi connectivity index (χ4v) is 15.0. The van der Waals surface area contributed by atoms with E-state index in [1.165, 1.54) is 0 Å². The van der Waals surface area contributed by atoms with Gasteiger partial charge in [0.15, 0.2) is 0 Å². The topological polar surface area (TPSA) is 40.5 Å². The molecule has 112 valence electrons. The van der Waals surface area contributed by atoms with Gasteiger partial charge in [-0.15, -0.1) is 0 Å². The van der Waals surface area contributed by atoms with E-state index in [9.17, 15) is 10.2 Å². The maximum Gasteiger partial charge on any atom is 0.130 e. The van der Waals surface area contributed by atoms with Crippen molar-refractivity contribution in [2.75, 3.05) is 0 Å². The number of hydrogen-bond acceptors (Lipinski definition) is 9. The second-order valence-corrected chi connectivity index (χ2v) is 14.5. The summed E-state index contributed by atoms with van der Waals surface area (Å²) >= 11 is 0. The van der Waals surface area contributed by atoms with Crippen LogP contribution in [0.3, 0.4) is 0 Å². The highest BCUT2D eigenvalue weighted by atomic mass is 33.9. The zero-order valence-electron chi connectivity index (χ0n) is 10.4. The number of aromatic hydroxyl groups is 2. The van der Waals surface area contributed by atoms with Crippen LogP contribution in [0.5, 0.6) is 11.5 Å². The lowest BCUT2D eigenvalue weighted by Crippen LogP contribution is -1.67. The summed E-state index contributed by atoms with van der Waals surface area (Å²) in [5.74, 6) is 0.635. The molecule has 0 amide bonds. The molecule has 0 bridgehead atoms. The Balaban J connectivity index is 1.57. The summed E-state index contributed by atoms with van der Waals surface area (Å²) in [6.07, 6.45) is 0. The van der Waals surface area contributed by atoms with Crippen LogP contribution in [0.15, 0.2) is 58.3 Å². The van der Waals surface area contributed by atoms with Crippen molar-refractivity contribution >= 4 is 70.7 Å². The van der Waals surface area contributed by atoms with Crippen LogP contribution < -0.4 is 0 Å². The first kappa shape index (κ1) is 17.8. The highest BCUT2D eigenvalue weighted by Gasteiger charge is 2.04. The van der Waals surface area contributed by atoms with Crippen molar-refractivity contribution < 1.29 is 10.2 Å². The lowest BCUT2D eigenvalue weighted by molar-refractivity contribution is 0.462. The molecule has 0 atom stereocenters. The fraction of sp³-hybridized carbons (Fsp3) is 0. The quantitative estimate of drug-likeness (QED) is 0.349. The Morgan fingerprint density at radius 1 is 0.524 bits per heavy atom. The van der Waals surface area contributed by atoms with Crippen molar-refractivity contribution in [2.24, 2.45) is 0 Å². The van der Waals surface area contributed by atoms with Gasteiger partial charge in [0.05, 0.1) is 9.79 Å². The van der Waals surface area contributed by atoms with Gasteiger partial charge < -0.3 is 10.2 Å². The van der Waals surface area contributed by atoms with E-state index in [1.807, 2.05) is 36.4 Å². The van der Waals surface area contributed by atoms with Gasteiger partial charge in [0.25, 0.3) is 0 Å². The van der Waals surface area contributed by atoms with Crippen molar-refractivity contribution in [3.8, 4) is 11.5 Å². The van der Waals surface area contributed by atoms with Gasteiger partial charge in [-0.1, -0.05) is 24.3 Å². The molecule has 0 fully saturated rings. The number of phenols is 2. The third-order valence-electron chi connectivity index (χ3n) is 2.09. The van der Waals surface area contributed by atoms with Crippen LogP contribution in [-0.4, -0.2) is 10.2 Å². The van der Waals surface area contributed by atoms with Gasteiger partial charge in [-0.05, 0) is 95.0 Å². The van der Waals surface area contributed by atoms with Gasteiger partial charge in [-0.25, -0.2) is 0 Å². The average molecular weight is 411 g/mol. The van der Waals surface area contributed by atoms with Gasteiger partial charge in [0.1, 0.15) is 11.5 Å². The predicted molar refractivity (Wildman–Crippen MR) is 106 cm³/mol. The van der Waals surface area contributed by atoms with Crippen molar-refractivity contribution in [3.05, 3.63) is 48.5 Å². The molecule has 21 heavy (non-hydrogen) atoms. The molecule has 2 nitrogen and oxygen atoms in total. The number of rotatable bonds is 8. The molecule has 2 aromatic carbocycles. The average Bonchev–Trinajstić information content (AvgIpc) is 2.50. The van der Waals surface area contributed by atoms with Gasteiger partial charge in [-0.2, -0.15) is 0 Å². The summed E-state index contributed by atoms with van der Waals surface area (Å²) in [5, 5.41) is 19.2. The largest absolute Gasteiger partial charge is 0.507 e. The molecule has 0 saturated heterocycles. The molecule has 2 N–H and O–H groups in total.